The molecule has 1 atom stereocenters. The molecule has 28 heavy (non-hydrogen) atoms. The largest absolute Gasteiger partial charge is 0.396 e. The molecule has 0 amide bonds. The van der Waals surface area contributed by atoms with E-state index in [9.17, 15) is 5.11 Å². The van der Waals surface area contributed by atoms with E-state index in [0.717, 1.165) is 34.0 Å². The number of fused-ring (bicyclic) bond motifs is 1. The molecular formula is C22H22N4OS. The van der Waals surface area contributed by atoms with Gasteiger partial charge in [-0.1, -0.05) is 36.4 Å². The lowest BCUT2D eigenvalue weighted by molar-refractivity contribution is 0.232. The highest BCUT2D eigenvalue weighted by Crippen LogP contribution is 2.35. The molecule has 0 saturated heterocycles. The summed E-state index contributed by atoms with van der Waals surface area (Å²) in [6.07, 6.45) is 2.50. The molecule has 3 aromatic heterocycles. The van der Waals surface area contributed by atoms with Crippen molar-refractivity contribution in [2.45, 2.75) is 13.3 Å². The van der Waals surface area contributed by atoms with E-state index in [0.29, 0.717) is 6.54 Å². The van der Waals surface area contributed by atoms with Gasteiger partial charge in [0.25, 0.3) is 0 Å². The first kappa shape index (κ1) is 18.5. The number of rotatable bonds is 7. The molecule has 5 nitrogen and oxygen atoms in total. The van der Waals surface area contributed by atoms with E-state index in [-0.39, 0.29) is 12.5 Å². The Bertz CT molecular complexity index is 1050. The number of anilines is 1. The zero-order valence-corrected chi connectivity index (χ0v) is 16.5. The van der Waals surface area contributed by atoms with Gasteiger partial charge in [-0.25, -0.2) is 9.97 Å². The number of nitrogens with one attached hydrogen (secondary N) is 1. The SMILES string of the molecule is Cc1nc(NCC(CO)Cc2ccccn2)c2cc(-c3ccccc3)sc2n1. The van der Waals surface area contributed by atoms with Crippen molar-refractivity contribution in [1.29, 1.82) is 0 Å². The van der Waals surface area contributed by atoms with Crippen molar-refractivity contribution >= 4 is 27.4 Å². The molecule has 0 fully saturated rings. The Morgan fingerprint density at radius 2 is 1.89 bits per heavy atom. The highest BCUT2D eigenvalue weighted by atomic mass is 32.1. The minimum Gasteiger partial charge on any atom is -0.396 e. The summed E-state index contributed by atoms with van der Waals surface area (Å²) >= 11 is 1.67. The second kappa shape index (κ2) is 8.46. The van der Waals surface area contributed by atoms with Gasteiger partial charge in [-0.3, -0.25) is 4.98 Å². The van der Waals surface area contributed by atoms with Crippen LogP contribution in [0.1, 0.15) is 11.5 Å². The fourth-order valence-corrected chi connectivity index (χ4v) is 4.25. The summed E-state index contributed by atoms with van der Waals surface area (Å²) in [6, 6.07) is 18.3. The van der Waals surface area contributed by atoms with Gasteiger partial charge in [0.15, 0.2) is 0 Å². The number of hydrogen-bond donors (Lipinski definition) is 2. The monoisotopic (exact) mass is 390 g/mol. The van der Waals surface area contributed by atoms with Gasteiger partial charge in [0.05, 0.1) is 5.39 Å². The normalized spacial score (nSPS) is 12.2. The highest BCUT2D eigenvalue weighted by Gasteiger charge is 2.14. The Morgan fingerprint density at radius 3 is 2.64 bits per heavy atom. The van der Waals surface area contributed by atoms with Gasteiger partial charge in [0.1, 0.15) is 16.5 Å². The molecule has 0 bridgehead atoms. The quantitative estimate of drug-likeness (QED) is 0.492. The summed E-state index contributed by atoms with van der Waals surface area (Å²) < 4.78 is 0. The molecule has 4 rings (SSSR count). The first-order valence-electron chi connectivity index (χ1n) is 9.31. The minimum atomic E-state index is 0.0625. The van der Waals surface area contributed by atoms with E-state index in [1.54, 1.807) is 17.5 Å². The molecule has 1 aromatic carbocycles. The van der Waals surface area contributed by atoms with Gasteiger partial charge < -0.3 is 10.4 Å². The van der Waals surface area contributed by atoms with Crippen LogP contribution in [-0.4, -0.2) is 33.2 Å². The third kappa shape index (κ3) is 4.18. The Hall–Kier alpha value is -2.83. The van der Waals surface area contributed by atoms with Crippen LogP contribution in [-0.2, 0) is 6.42 Å². The lowest BCUT2D eigenvalue weighted by Gasteiger charge is -2.15. The summed E-state index contributed by atoms with van der Waals surface area (Å²) in [4.78, 5) is 15.7. The van der Waals surface area contributed by atoms with Gasteiger partial charge in [0.2, 0.25) is 0 Å². The second-order valence-electron chi connectivity index (χ2n) is 6.77. The minimum absolute atomic E-state index is 0.0625. The molecule has 0 aliphatic heterocycles. The van der Waals surface area contributed by atoms with Crippen molar-refractivity contribution in [2.24, 2.45) is 5.92 Å². The van der Waals surface area contributed by atoms with Crippen LogP contribution >= 0.6 is 11.3 Å². The molecule has 0 aliphatic rings. The van der Waals surface area contributed by atoms with E-state index < -0.39 is 0 Å². The van der Waals surface area contributed by atoms with E-state index >= 15 is 0 Å². The van der Waals surface area contributed by atoms with Crippen LogP contribution in [0.5, 0.6) is 0 Å². The topological polar surface area (TPSA) is 70.9 Å². The molecule has 0 aliphatic carbocycles. The van der Waals surface area contributed by atoms with Crippen LogP contribution in [0.15, 0.2) is 60.8 Å². The lowest BCUT2D eigenvalue weighted by atomic mass is 10.0. The molecule has 1 unspecified atom stereocenters. The molecule has 0 radical (unpaired) electrons. The summed E-state index contributed by atoms with van der Waals surface area (Å²) in [6.45, 7) is 2.62. The molecular weight excluding hydrogens is 368 g/mol. The lowest BCUT2D eigenvalue weighted by Crippen LogP contribution is -2.21. The van der Waals surface area contributed by atoms with E-state index in [1.807, 2.05) is 43.3 Å². The van der Waals surface area contributed by atoms with Gasteiger partial charge >= 0.3 is 0 Å². The van der Waals surface area contributed by atoms with Crippen molar-refractivity contribution in [3.8, 4) is 10.4 Å². The van der Waals surface area contributed by atoms with E-state index in [2.05, 4.69) is 38.5 Å². The van der Waals surface area contributed by atoms with Crippen LogP contribution in [0.25, 0.3) is 20.7 Å². The van der Waals surface area contributed by atoms with Gasteiger partial charge in [0, 0.05) is 35.8 Å². The van der Waals surface area contributed by atoms with Crippen LogP contribution in [0.4, 0.5) is 5.82 Å². The number of aromatic nitrogens is 3. The fraction of sp³-hybridized carbons (Fsp3) is 0.227. The van der Waals surface area contributed by atoms with Crippen molar-refractivity contribution in [3.63, 3.8) is 0 Å². The van der Waals surface area contributed by atoms with Crippen LogP contribution < -0.4 is 5.32 Å². The molecule has 2 N–H and O–H groups in total. The number of aliphatic hydroxyl groups is 1. The summed E-state index contributed by atoms with van der Waals surface area (Å²) in [7, 11) is 0. The third-order valence-corrected chi connectivity index (χ3v) is 5.68. The predicted molar refractivity (Wildman–Crippen MR) is 115 cm³/mol. The standard InChI is InChI=1S/C22H22N4OS/c1-15-25-21(24-13-16(14-27)11-18-9-5-6-10-23-18)19-12-20(28-22(19)26-15)17-7-3-2-4-8-17/h2-10,12,16,27H,11,13-14H2,1H3,(H,24,25,26). The number of aryl methyl sites for hydroxylation is 1. The van der Waals surface area contributed by atoms with E-state index in [4.69, 9.17) is 0 Å². The van der Waals surface area contributed by atoms with Crippen LogP contribution in [0.2, 0.25) is 0 Å². The second-order valence-corrected chi connectivity index (χ2v) is 7.80. The van der Waals surface area contributed by atoms with Gasteiger partial charge in [-0.15, -0.1) is 11.3 Å². The Balaban J connectivity index is 1.56. The predicted octanol–water partition coefficient (Wildman–Crippen LogP) is 4.32. The maximum absolute atomic E-state index is 9.79. The number of thiophene rings is 1. The Morgan fingerprint density at radius 1 is 1.07 bits per heavy atom. The third-order valence-electron chi connectivity index (χ3n) is 4.60. The average molecular weight is 391 g/mol. The maximum atomic E-state index is 9.79. The number of nitrogens with zero attached hydrogens (tertiary/aromatic N) is 3. The number of hydrogen-bond acceptors (Lipinski definition) is 6. The number of pyridine rings is 1. The van der Waals surface area contributed by atoms with E-state index in [1.165, 1.54) is 10.4 Å². The number of benzene rings is 1. The molecule has 4 aromatic rings. The fourth-order valence-electron chi connectivity index (χ4n) is 3.16. The summed E-state index contributed by atoms with van der Waals surface area (Å²) in [5, 5.41) is 14.2. The van der Waals surface area contributed by atoms with Crippen molar-refractivity contribution < 1.29 is 5.11 Å². The zero-order valence-electron chi connectivity index (χ0n) is 15.7. The van der Waals surface area contributed by atoms with Gasteiger partial charge in [-0.05, 0) is 37.1 Å². The summed E-state index contributed by atoms with van der Waals surface area (Å²) in [5.41, 5.74) is 2.16. The van der Waals surface area contributed by atoms with Gasteiger partial charge in [-0.2, -0.15) is 0 Å². The average Bonchev–Trinajstić information content (AvgIpc) is 3.16. The highest BCUT2D eigenvalue weighted by molar-refractivity contribution is 7.21. The maximum Gasteiger partial charge on any atom is 0.138 e. The van der Waals surface area contributed by atoms with Crippen molar-refractivity contribution in [2.75, 3.05) is 18.5 Å². The first-order chi connectivity index (χ1) is 13.7. The molecule has 0 saturated carbocycles. The zero-order chi connectivity index (χ0) is 19.3. The summed E-state index contributed by atoms with van der Waals surface area (Å²) in [5.74, 6) is 1.62. The Labute approximate surface area is 168 Å². The first-order valence-corrected chi connectivity index (χ1v) is 10.1. The molecule has 3 heterocycles. The van der Waals surface area contributed by atoms with Crippen LogP contribution in [0.3, 0.4) is 0 Å². The van der Waals surface area contributed by atoms with Crippen LogP contribution in [0, 0.1) is 12.8 Å². The molecule has 142 valence electrons. The molecule has 0 spiro atoms. The van der Waals surface area contributed by atoms with Crippen molar-refractivity contribution in [3.05, 3.63) is 72.3 Å². The Kier molecular flexibility index (Phi) is 5.60. The molecule has 6 heteroatoms. The smallest absolute Gasteiger partial charge is 0.138 e. The number of aliphatic hydroxyl groups excluding tert-OH is 1. The van der Waals surface area contributed by atoms with Crippen molar-refractivity contribution in [1.82, 2.24) is 15.0 Å².